The predicted octanol–water partition coefficient (Wildman–Crippen LogP) is 12.6. The van der Waals surface area contributed by atoms with Crippen LogP contribution >= 0.6 is 11.8 Å². The van der Waals surface area contributed by atoms with E-state index in [1.54, 1.807) is 0 Å². The minimum atomic E-state index is 1.17. The molecule has 10 rings (SSSR count). The molecule has 0 atom stereocenters. The van der Waals surface area contributed by atoms with Crippen molar-refractivity contribution in [3.05, 3.63) is 164 Å². The van der Waals surface area contributed by atoms with E-state index >= 15 is 0 Å². The lowest BCUT2D eigenvalue weighted by molar-refractivity contribution is 1.18. The highest BCUT2D eigenvalue weighted by Gasteiger charge is 2.19. The molecule has 46 heavy (non-hydrogen) atoms. The van der Waals surface area contributed by atoms with Crippen molar-refractivity contribution in [1.29, 1.82) is 0 Å². The third kappa shape index (κ3) is 3.90. The van der Waals surface area contributed by atoms with Gasteiger partial charge in [0, 0.05) is 31.6 Å². The van der Waals surface area contributed by atoms with E-state index in [-0.39, 0.29) is 0 Å². The Morgan fingerprint density at radius 3 is 1.89 bits per heavy atom. The Hall–Kier alpha value is -5.57. The van der Waals surface area contributed by atoms with Crippen LogP contribution in [0.1, 0.15) is 0 Å². The van der Waals surface area contributed by atoms with Crippen molar-refractivity contribution in [2.24, 2.45) is 0 Å². The topological polar surface area (TPSA) is 4.93 Å². The number of benzene rings is 8. The molecule has 2 heterocycles. The zero-order valence-electron chi connectivity index (χ0n) is 24.9. The molecule has 1 aliphatic heterocycles. The monoisotopic (exact) mass is 601 g/mol. The van der Waals surface area contributed by atoms with E-state index < -0.39 is 0 Å². The van der Waals surface area contributed by atoms with E-state index in [0.29, 0.717) is 0 Å². The van der Waals surface area contributed by atoms with Crippen LogP contribution in [0.15, 0.2) is 174 Å². The number of hydrogen-bond donors (Lipinski definition) is 0. The van der Waals surface area contributed by atoms with Gasteiger partial charge in [-0.25, -0.2) is 0 Å². The van der Waals surface area contributed by atoms with Crippen LogP contribution in [0.25, 0.3) is 82.4 Å². The van der Waals surface area contributed by atoms with Crippen molar-refractivity contribution in [3.63, 3.8) is 0 Å². The zero-order valence-corrected chi connectivity index (χ0v) is 25.8. The molecule has 0 aliphatic carbocycles. The average molecular weight is 602 g/mol. The highest BCUT2D eigenvalue weighted by atomic mass is 32.2. The lowest BCUT2D eigenvalue weighted by atomic mass is 9.94. The van der Waals surface area contributed by atoms with E-state index in [0.717, 1.165) is 0 Å². The van der Waals surface area contributed by atoms with Gasteiger partial charge in [-0.2, -0.15) is 0 Å². The van der Waals surface area contributed by atoms with Crippen molar-refractivity contribution < 1.29 is 0 Å². The SMILES string of the molecule is c1cc(-c2ccc(-c3ccc4c(c3)-c3cccc5cccc(c35)S4)cc2)cc(-n2c3ccccc3c3cc4ccccc4cc32)c1. The Labute approximate surface area is 271 Å². The number of fused-ring (bicyclic) bond motifs is 6. The maximum Gasteiger partial charge on any atom is 0.0547 e. The predicted molar refractivity (Wildman–Crippen MR) is 196 cm³/mol. The summed E-state index contributed by atoms with van der Waals surface area (Å²) in [6, 6.07) is 60.3. The Balaban J connectivity index is 1.05. The molecule has 1 aliphatic rings. The van der Waals surface area contributed by atoms with Gasteiger partial charge >= 0.3 is 0 Å². The third-order valence-corrected chi connectivity index (χ3v) is 10.7. The van der Waals surface area contributed by atoms with E-state index in [9.17, 15) is 0 Å². The summed E-state index contributed by atoms with van der Waals surface area (Å²) in [4.78, 5) is 2.66. The number of aromatic nitrogens is 1. The van der Waals surface area contributed by atoms with Crippen LogP contribution in [0.3, 0.4) is 0 Å². The first-order valence-corrected chi connectivity index (χ1v) is 16.6. The largest absolute Gasteiger partial charge is 0.309 e. The molecule has 9 aromatic rings. The minimum absolute atomic E-state index is 1.17. The molecule has 0 saturated carbocycles. The Morgan fingerprint density at radius 2 is 1.04 bits per heavy atom. The van der Waals surface area contributed by atoms with E-state index in [4.69, 9.17) is 0 Å². The fourth-order valence-corrected chi connectivity index (χ4v) is 8.48. The molecule has 2 heteroatoms. The van der Waals surface area contributed by atoms with E-state index in [1.807, 2.05) is 11.8 Å². The molecule has 0 N–H and O–H groups in total. The smallest absolute Gasteiger partial charge is 0.0547 e. The molecule has 0 saturated heterocycles. The maximum absolute atomic E-state index is 2.42. The normalized spacial score (nSPS) is 12.3. The van der Waals surface area contributed by atoms with Gasteiger partial charge in [0.1, 0.15) is 0 Å². The summed E-state index contributed by atoms with van der Waals surface area (Å²) in [6.07, 6.45) is 0. The fourth-order valence-electron chi connectivity index (χ4n) is 7.36. The molecular weight excluding hydrogens is 575 g/mol. The molecule has 0 radical (unpaired) electrons. The van der Waals surface area contributed by atoms with Gasteiger partial charge in [0.15, 0.2) is 0 Å². The maximum atomic E-state index is 2.42. The van der Waals surface area contributed by atoms with Crippen LogP contribution < -0.4 is 0 Å². The second-order valence-electron chi connectivity index (χ2n) is 12.2. The van der Waals surface area contributed by atoms with Gasteiger partial charge in [-0.1, -0.05) is 127 Å². The summed E-state index contributed by atoms with van der Waals surface area (Å²) in [6.45, 7) is 0. The van der Waals surface area contributed by atoms with Gasteiger partial charge < -0.3 is 4.57 Å². The van der Waals surface area contributed by atoms with Gasteiger partial charge in [-0.3, -0.25) is 0 Å². The molecule has 1 aromatic heterocycles. The van der Waals surface area contributed by atoms with Crippen molar-refractivity contribution in [3.8, 4) is 39.1 Å². The van der Waals surface area contributed by atoms with Crippen molar-refractivity contribution >= 4 is 55.1 Å². The first-order valence-electron chi connectivity index (χ1n) is 15.8. The van der Waals surface area contributed by atoms with Gasteiger partial charge in [-0.05, 0) is 98.1 Å². The number of nitrogens with zero attached hydrogens (tertiary/aromatic N) is 1. The first kappa shape index (κ1) is 25.7. The zero-order chi connectivity index (χ0) is 30.2. The third-order valence-electron chi connectivity index (χ3n) is 9.55. The lowest BCUT2D eigenvalue weighted by Gasteiger charge is -2.21. The summed E-state index contributed by atoms with van der Waals surface area (Å²) in [5, 5.41) is 7.76. The van der Waals surface area contributed by atoms with E-state index in [1.165, 1.54) is 92.2 Å². The van der Waals surface area contributed by atoms with Crippen LogP contribution in [-0.4, -0.2) is 4.57 Å². The summed E-state index contributed by atoms with van der Waals surface area (Å²) in [7, 11) is 0. The Morgan fingerprint density at radius 1 is 0.370 bits per heavy atom. The van der Waals surface area contributed by atoms with E-state index in [2.05, 4.69) is 168 Å². The molecule has 8 aromatic carbocycles. The molecule has 0 amide bonds. The Kier molecular flexibility index (Phi) is 5.58. The molecule has 214 valence electrons. The highest BCUT2D eigenvalue weighted by molar-refractivity contribution is 7.99. The summed E-state index contributed by atoms with van der Waals surface area (Å²) < 4.78 is 2.42. The standard InChI is InChI=1S/C44H27NS/c1-2-9-33-27-41-38(25-32(33)8-1)36-14-3-4-16-40(36)45(41)35-13-5-12-31(24-35)28-18-20-29(21-19-28)34-22-23-42-39(26-34)37-15-6-10-30-11-7-17-43(46-42)44(30)37/h1-27H. The van der Waals surface area contributed by atoms with Crippen LogP contribution in [0.5, 0.6) is 0 Å². The van der Waals surface area contributed by atoms with Crippen LogP contribution in [0.4, 0.5) is 0 Å². The minimum Gasteiger partial charge on any atom is -0.309 e. The van der Waals surface area contributed by atoms with Crippen LogP contribution in [0.2, 0.25) is 0 Å². The molecule has 0 unspecified atom stereocenters. The number of para-hydroxylation sites is 1. The van der Waals surface area contributed by atoms with Gasteiger partial charge in [0.25, 0.3) is 0 Å². The number of rotatable bonds is 3. The summed E-state index contributed by atoms with van der Waals surface area (Å²) in [5.74, 6) is 0. The molecule has 0 spiro atoms. The number of hydrogen-bond acceptors (Lipinski definition) is 1. The van der Waals surface area contributed by atoms with Crippen molar-refractivity contribution in [1.82, 2.24) is 4.57 Å². The first-order chi connectivity index (χ1) is 22.8. The lowest BCUT2D eigenvalue weighted by Crippen LogP contribution is -1.94. The van der Waals surface area contributed by atoms with Gasteiger partial charge in [0.05, 0.1) is 11.0 Å². The molecule has 1 nitrogen and oxygen atoms in total. The van der Waals surface area contributed by atoms with Gasteiger partial charge in [-0.15, -0.1) is 0 Å². The summed E-state index contributed by atoms with van der Waals surface area (Å²) >= 11 is 1.88. The quantitative estimate of drug-likeness (QED) is 0.195. The molecule has 0 fully saturated rings. The Bertz CT molecular complexity index is 2660. The second kappa shape index (κ2) is 9.97. The van der Waals surface area contributed by atoms with Crippen molar-refractivity contribution in [2.45, 2.75) is 9.79 Å². The molecular formula is C44H27NS. The fraction of sp³-hybridized carbons (Fsp3) is 0. The molecule has 0 bridgehead atoms. The second-order valence-corrected chi connectivity index (χ2v) is 13.3. The average Bonchev–Trinajstić information content (AvgIpc) is 3.44. The van der Waals surface area contributed by atoms with Gasteiger partial charge in [0.2, 0.25) is 0 Å². The van der Waals surface area contributed by atoms with Crippen LogP contribution in [-0.2, 0) is 0 Å². The highest BCUT2D eigenvalue weighted by Crippen LogP contribution is 2.48. The van der Waals surface area contributed by atoms with Crippen molar-refractivity contribution in [2.75, 3.05) is 0 Å². The summed E-state index contributed by atoms with van der Waals surface area (Å²) in [5.41, 5.74) is 11.2. The van der Waals surface area contributed by atoms with Crippen LogP contribution in [0, 0.1) is 0 Å².